The number of carbonyl (C=O) groups is 1. The molecule has 28 heavy (non-hydrogen) atoms. The van der Waals surface area contributed by atoms with Gasteiger partial charge in [0, 0.05) is 30.9 Å². The molecule has 0 saturated heterocycles. The molecule has 2 N–H and O–H groups in total. The van der Waals surface area contributed by atoms with Crippen LogP contribution in [0.15, 0.2) is 36.7 Å². The molecule has 0 radical (unpaired) electrons. The van der Waals surface area contributed by atoms with E-state index in [2.05, 4.69) is 15.1 Å². The molecular weight excluding hydrogens is 376 g/mol. The lowest BCUT2D eigenvalue weighted by molar-refractivity contribution is -0.131. The third kappa shape index (κ3) is 5.05. The third-order valence-electron chi connectivity index (χ3n) is 4.78. The predicted octanol–water partition coefficient (Wildman–Crippen LogP) is 2.47. The first-order chi connectivity index (χ1) is 13.1. The maximum absolute atomic E-state index is 12.9. The van der Waals surface area contributed by atoms with E-state index in [1.807, 2.05) is 49.1 Å². The van der Waals surface area contributed by atoms with Crippen LogP contribution in [0.5, 0.6) is 0 Å². The van der Waals surface area contributed by atoms with Crippen LogP contribution in [-0.4, -0.2) is 43.5 Å². The molecule has 0 atom stereocenters. The average molecular weight is 403 g/mol. The second-order valence-electron chi connectivity index (χ2n) is 6.68. The Morgan fingerprint density at radius 3 is 2.68 bits per heavy atom. The summed E-state index contributed by atoms with van der Waals surface area (Å²) < 4.78 is 1.73. The van der Waals surface area contributed by atoms with Gasteiger partial charge in [0.2, 0.25) is 5.91 Å². The summed E-state index contributed by atoms with van der Waals surface area (Å²) in [6.45, 7) is 5.80. The number of halogens is 1. The first-order valence-corrected chi connectivity index (χ1v) is 9.27. The Labute approximate surface area is 171 Å². The summed E-state index contributed by atoms with van der Waals surface area (Å²) in [7, 11) is 0. The number of hydrogen-bond donors (Lipinski definition) is 1. The number of carbonyl (C=O) groups excluding carboxylic acids is 1. The van der Waals surface area contributed by atoms with Gasteiger partial charge < -0.3 is 10.6 Å². The van der Waals surface area contributed by atoms with Gasteiger partial charge in [0.1, 0.15) is 6.33 Å². The number of benzene rings is 1. The van der Waals surface area contributed by atoms with Gasteiger partial charge in [-0.2, -0.15) is 10.1 Å². The van der Waals surface area contributed by atoms with Crippen LogP contribution in [0, 0.1) is 13.8 Å². The second kappa shape index (κ2) is 10.1. The normalized spacial score (nSPS) is 10.7. The molecule has 1 amide bonds. The smallest absolute Gasteiger partial charge is 0.252 e. The standard InChI is InChI=1S/C20H26N6O.ClH/c1-15-18(16(2)26-20(24-15)22-14-23-26)9-10-19(27)25(12-6-11-21)13-17-7-4-3-5-8-17;/h3-5,7-8,14H,6,9-13,21H2,1-2H3;1H. The average Bonchev–Trinajstić information content (AvgIpc) is 3.14. The number of hydrogen-bond acceptors (Lipinski definition) is 5. The number of nitrogens with two attached hydrogens (primary N) is 1. The van der Waals surface area contributed by atoms with Crippen LogP contribution < -0.4 is 5.73 Å². The van der Waals surface area contributed by atoms with Crippen LogP contribution in [0.3, 0.4) is 0 Å². The van der Waals surface area contributed by atoms with E-state index in [1.165, 1.54) is 6.33 Å². The zero-order valence-electron chi connectivity index (χ0n) is 16.3. The van der Waals surface area contributed by atoms with Gasteiger partial charge in [0.05, 0.1) is 0 Å². The Bertz CT molecular complexity index is 912. The first-order valence-electron chi connectivity index (χ1n) is 9.27. The molecule has 3 aromatic rings. The zero-order valence-corrected chi connectivity index (χ0v) is 17.2. The minimum Gasteiger partial charge on any atom is -0.338 e. The molecule has 0 fully saturated rings. The lowest BCUT2D eigenvalue weighted by Gasteiger charge is -2.23. The van der Waals surface area contributed by atoms with E-state index in [1.54, 1.807) is 4.52 Å². The number of nitrogens with zero attached hydrogens (tertiary/aromatic N) is 5. The first kappa shape index (κ1) is 21.8. The highest BCUT2D eigenvalue weighted by Gasteiger charge is 2.17. The van der Waals surface area contributed by atoms with Crippen LogP contribution in [0.2, 0.25) is 0 Å². The van der Waals surface area contributed by atoms with Crippen molar-refractivity contribution in [1.29, 1.82) is 0 Å². The van der Waals surface area contributed by atoms with Crippen LogP contribution in [0.4, 0.5) is 0 Å². The molecule has 0 saturated carbocycles. The van der Waals surface area contributed by atoms with Crippen molar-refractivity contribution in [3.05, 3.63) is 59.2 Å². The number of amides is 1. The van der Waals surface area contributed by atoms with E-state index in [0.717, 1.165) is 28.9 Å². The van der Waals surface area contributed by atoms with Crippen molar-refractivity contribution in [3.63, 3.8) is 0 Å². The molecule has 1 aromatic carbocycles. The van der Waals surface area contributed by atoms with Crippen molar-refractivity contribution in [2.24, 2.45) is 5.73 Å². The highest BCUT2D eigenvalue weighted by molar-refractivity contribution is 5.85. The molecule has 0 aliphatic heterocycles. The Kier molecular flexibility index (Phi) is 7.90. The zero-order chi connectivity index (χ0) is 19.2. The van der Waals surface area contributed by atoms with Crippen molar-refractivity contribution in [3.8, 4) is 0 Å². The minimum atomic E-state index is 0. The number of aryl methyl sites for hydroxylation is 2. The number of rotatable bonds is 8. The van der Waals surface area contributed by atoms with Crippen molar-refractivity contribution >= 4 is 24.1 Å². The molecule has 8 heteroatoms. The van der Waals surface area contributed by atoms with E-state index in [9.17, 15) is 4.79 Å². The van der Waals surface area contributed by atoms with E-state index < -0.39 is 0 Å². The molecule has 0 unspecified atom stereocenters. The van der Waals surface area contributed by atoms with E-state index in [-0.39, 0.29) is 18.3 Å². The maximum Gasteiger partial charge on any atom is 0.252 e. The molecule has 0 aliphatic rings. The van der Waals surface area contributed by atoms with Crippen LogP contribution in [-0.2, 0) is 17.8 Å². The molecule has 3 rings (SSSR count). The lowest BCUT2D eigenvalue weighted by Crippen LogP contribution is -2.32. The van der Waals surface area contributed by atoms with Gasteiger partial charge in [-0.15, -0.1) is 12.4 Å². The van der Waals surface area contributed by atoms with Gasteiger partial charge in [0.25, 0.3) is 5.78 Å². The Hall–Kier alpha value is -2.51. The van der Waals surface area contributed by atoms with E-state index >= 15 is 0 Å². The quantitative estimate of drug-likeness (QED) is 0.625. The summed E-state index contributed by atoms with van der Waals surface area (Å²) in [6, 6.07) is 10.0. The van der Waals surface area contributed by atoms with Gasteiger partial charge in [-0.1, -0.05) is 30.3 Å². The number of fused-ring (bicyclic) bond motifs is 1. The molecule has 7 nitrogen and oxygen atoms in total. The fourth-order valence-corrected chi connectivity index (χ4v) is 3.29. The van der Waals surface area contributed by atoms with Crippen molar-refractivity contribution in [2.75, 3.05) is 13.1 Å². The van der Waals surface area contributed by atoms with Crippen molar-refractivity contribution < 1.29 is 4.79 Å². The predicted molar refractivity (Wildman–Crippen MR) is 111 cm³/mol. The number of aromatic nitrogens is 4. The van der Waals surface area contributed by atoms with Crippen molar-refractivity contribution in [2.45, 2.75) is 39.7 Å². The minimum absolute atomic E-state index is 0. The molecule has 2 heterocycles. The summed E-state index contributed by atoms with van der Waals surface area (Å²) in [5.41, 5.74) is 9.72. The summed E-state index contributed by atoms with van der Waals surface area (Å²) in [4.78, 5) is 23.4. The highest BCUT2D eigenvalue weighted by Crippen LogP contribution is 2.16. The topological polar surface area (TPSA) is 89.4 Å². The van der Waals surface area contributed by atoms with Gasteiger partial charge in [0.15, 0.2) is 0 Å². The van der Waals surface area contributed by atoms with Gasteiger partial charge >= 0.3 is 0 Å². The largest absolute Gasteiger partial charge is 0.338 e. The molecule has 0 spiro atoms. The third-order valence-corrected chi connectivity index (χ3v) is 4.78. The molecule has 150 valence electrons. The SMILES string of the molecule is Cc1nc2ncnn2c(C)c1CCC(=O)N(CCCN)Cc1ccccc1.Cl. The van der Waals surface area contributed by atoms with Gasteiger partial charge in [-0.3, -0.25) is 4.79 Å². The fraction of sp³-hybridized carbons (Fsp3) is 0.400. The summed E-state index contributed by atoms with van der Waals surface area (Å²) >= 11 is 0. The van der Waals surface area contributed by atoms with Crippen LogP contribution in [0.1, 0.15) is 35.4 Å². The Morgan fingerprint density at radius 1 is 1.21 bits per heavy atom. The van der Waals surface area contributed by atoms with Crippen LogP contribution in [0.25, 0.3) is 5.78 Å². The second-order valence-corrected chi connectivity index (χ2v) is 6.68. The van der Waals surface area contributed by atoms with Crippen molar-refractivity contribution in [1.82, 2.24) is 24.5 Å². The van der Waals surface area contributed by atoms with Crippen LogP contribution >= 0.6 is 12.4 Å². The Balaban J connectivity index is 0.00000280. The summed E-state index contributed by atoms with van der Waals surface area (Å²) in [5.74, 6) is 0.721. The molecular formula is C20H27ClN6O. The fourth-order valence-electron chi connectivity index (χ4n) is 3.29. The summed E-state index contributed by atoms with van der Waals surface area (Å²) in [6.07, 6.45) is 3.36. The molecule has 0 aliphatic carbocycles. The van der Waals surface area contributed by atoms with Gasteiger partial charge in [-0.25, -0.2) is 9.50 Å². The Morgan fingerprint density at radius 2 is 1.96 bits per heavy atom. The monoisotopic (exact) mass is 402 g/mol. The maximum atomic E-state index is 12.9. The van der Waals surface area contributed by atoms with E-state index in [4.69, 9.17) is 5.73 Å². The van der Waals surface area contributed by atoms with Gasteiger partial charge in [-0.05, 0) is 44.4 Å². The lowest BCUT2D eigenvalue weighted by atomic mass is 10.1. The highest BCUT2D eigenvalue weighted by atomic mass is 35.5. The molecule has 2 aromatic heterocycles. The summed E-state index contributed by atoms with van der Waals surface area (Å²) in [5, 5.41) is 4.21. The molecule has 0 bridgehead atoms. The van der Waals surface area contributed by atoms with E-state index in [0.29, 0.717) is 38.3 Å².